The first-order valence-corrected chi connectivity index (χ1v) is 12.0. The number of nitrogens with one attached hydrogen (secondary N) is 2. The number of rotatable bonds is 13. The van der Waals surface area contributed by atoms with Crippen molar-refractivity contribution in [1.29, 1.82) is 0 Å². The van der Waals surface area contributed by atoms with Crippen molar-refractivity contribution in [2.45, 2.75) is 91.4 Å². The maximum atomic E-state index is 4.83. The van der Waals surface area contributed by atoms with E-state index in [1.165, 1.54) is 80.3 Å². The van der Waals surface area contributed by atoms with Crippen molar-refractivity contribution in [1.82, 2.24) is 9.97 Å². The summed E-state index contributed by atoms with van der Waals surface area (Å²) >= 11 is 0. The second-order valence-corrected chi connectivity index (χ2v) is 8.65. The third kappa shape index (κ3) is 6.62. The van der Waals surface area contributed by atoms with Crippen LogP contribution in [0.3, 0.4) is 0 Å². The zero-order chi connectivity index (χ0) is 21.2. The average Bonchev–Trinajstić information content (AvgIpc) is 3.47. The van der Waals surface area contributed by atoms with Gasteiger partial charge in [-0.05, 0) is 67.7 Å². The molecule has 0 unspecified atom stereocenters. The van der Waals surface area contributed by atoms with Crippen LogP contribution in [0.5, 0.6) is 0 Å². The minimum atomic E-state index is 1.01. The highest BCUT2D eigenvalue weighted by atomic mass is 14.8. The molecule has 0 aromatic carbocycles. The molecule has 0 saturated carbocycles. The molecule has 2 aromatic rings. The highest BCUT2D eigenvalue weighted by molar-refractivity contribution is 5.99. The molecule has 3 heteroatoms. The first-order valence-electron chi connectivity index (χ1n) is 12.0. The fraction of sp³-hybridized carbons (Fsp3) is 0.519. The Morgan fingerprint density at radius 2 is 1.63 bits per heavy atom. The van der Waals surface area contributed by atoms with Crippen molar-refractivity contribution in [3.63, 3.8) is 0 Å². The van der Waals surface area contributed by atoms with Crippen molar-refractivity contribution >= 4 is 11.8 Å². The number of aromatic amines is 2. The Morgan fingerprint density at radius 1 is 0.900 bits per heavy atom. The van der Waals surface area contributed by atoms with Crippen LogP contribution in [0.25, 0.3) is 17.5 Å². The van der Waals surface area contributed by atoms with E-state index in [0.29, 0.717) is 0 Å². The van der Waals surface area contributed by atoms with Gasteiger partial charge in [0.25, 0.3) is 0 Å². The number of H-pyrrole nitrogens is 2. The van der Waals surface area contributed by atoms with Crippen molar-refractivity contribution in [3.05, 3.63) is 53.0 Å². The average molecular weight is 406 g/mol. The van der Waals surface area contributed by atoms with Gasteiger partial charge in [0, 0.05) is 17.6 Å². The van der Waals surface area contributed by atoms with E-state index in [-0.39, 0.29) is 0 Å². The second-order valence-electron chi connectivity index (χ2n) is 8.65. The largest absolute Gasteiger partial charge is 0.360 e. The van der Waals surface area contributed by atoms with E-state index in [9.17, 15) is 0 Å². The van der Waals surface area contributed by atoms with Gasteiger partial charge < -0.3 is 9.97 Å². The van der Waals surface area contributed by atoms with Crippen molar-refractivity contribution in [3.8, 4) is 11.4 Å². The van der Waals surface area contributed by atoms with Gasteiger partial charge in [-0.1, -0.05) is 65.2 Å². The first kappa shape index (κ1) is 22.4. The normalized spacial score (nSPS) is 14.8. The number of nitrogens with zero attached hydrogens (tertiary/aromatic N) is 1. The monoisotopic (exact) mass is 405 g/mol. The predicted molar refractivity (Wildman–Crippen MR) is 131 cm³/mol. The van der Waals surface area contributed by atoms with Gasteiger partial charge in [0.05, 0.1) is 17.1 Å². The molecule has 30 heavy (non-hydrogen) atoms. The Morgan fingerprint density at radius 3 is 2.30 bits per heavy atom. The molecule has 0 radical (unpaired) electrons. The minimum Gasteiger partial charge on any atom is -0.360 e. The molecule has 3 heterocycles. The standard InChI is InChI=1S/C27H39N3/c1-4-6-7-8-9-10-11-12-13-14-23-15-16-24(29-23)19-25-18-22(5-2)27(30-25)26-17-21(3)20-28-26/h15-20,28,30H,4-14H2,1-3H3. The van der Waals surface area contributed by atoms with Gasteiger partial charge in [-0.25, -0.2) is 0 Å². The van der Waals surface area contributed by atoms with Crippen LogP contribution in [0.2, 0.25) is 0 Å². The number of hydrogen-bond donors (Lipinski definition) is 2. The lowest BCUT2D eigenvalue weighted by Gasteiger charge is -2.01. The lowest BCUT2D eigenvalue weighted by atomic mass is 10.1. The Kier molecular flexibility index (Phi) is 8.80. The molecule has 3 rings (SSSR count). The van der Waals surface area contributed by atoms with Crippen LogP contribution in [0, 0.1) is 6.92 Å². The number of unbranched alkanes of at least 4 members (excludes halogenated alkanes) is 8. The highest BCUT2D eigenvalue weighted by Crippen LogP contribution is 2.26. The molecule has 2 aromatic heterocycles. The van der Waals surface area contributed by atoms with Crippen LogP contribution in [0.4, 0.5) is 0 Å². The Labute approximate surface area is 182 Å². The number of hydrogen-bond acceptors (Lipinski definition) is 1. The zero-order valence-corrected chi connectivity index (χ0v) is 19.2. The van der Waals surface area contributed by atoms with E-state index in [1.807, 2.05) is 0 Å². The van der Waals surface area contributed by atoms with E-state index in [2.05, 4.69) is 67.3 Å². The van der Waals surface area contributed by atoms with E-state index >= 15 is 0 Å². The fourth-order valence-corrected chi connectivity index (χ4v) is 4.18. The van der Waals surface area contributed by atoms with Crippen molar-refractivity contribution in [2.75, 3.05) is 0 Å². The molecule has 0 spiro atoms. The lowest BCUT2D eigenvalue weighted by Crippen LogP contribution is -1.90. The second kappa shape index (κ2) is 11.8. The molecule has 0 atom stereocenters. The molecule has 2 N–H and O–H groups in total. The minimum absolute atomic E-state index is 1.01. The lowest BCUT2D eigenvalue weighted by molar-refractivity contribution is 0.568. The van der Waals surface area contributed by atoms with Crippen LogP contribution in [0.1, 0.15) is 94.9 Å². The molecule has 0 saturated heterocycles. The molecule has 162 valence electrons. The summed E-state index contributed by atoms with van der Waals surface area (Å²) in [6.45, 7) is 6.60. The molecule has 1 aliphatic rings. The van der Waals surface area contributed by atoms with Crippen LogP contribution >= 0.6 is 0 Å². The number of aryl methyl sites for hydroxylation is 2. The van der Waals surface area contributed by atoms with Crippen LogP contribution in [-0.2, 0) is 6.42 Å². The summed E-state index contributed by atoms with van der Waals surface area (Å²) in [6.07, 6.45) is 23.0. The van der Waals surface area contributed by atoms with E-state index < -0.39 is 0 Å². The van der Waals surface area contributed by atoms with E-state index in [0.717, 1.165) is 29.9 Å². The Balaban J connectivity index is 1.46. The van der Waals surface area contributed by atoms with Crippen LogP contribution in [0.15, 0.2) is 41.2 Å². The molecule has 0 bridgehead atoms. The smallest absolute Gasteiger partial charge is 0.0656 e. The van der Waals surface area contributed by atoms with Crippen LogP contribution < -0.4 is 0 Å². The summed E-state index contributed by atoms with van der Waals surface area (Å²) in [4.78, 5) is 11.8. The SMILES string of the molecule is CCCCCCCCCCCC1=NC(=Cc2cc(CC)c(-c3cc(C)c[nH]3)[nH]2)C=C1. The maximum absolute atomic E-state index is 4.83. The summed E-state index contributed by atoms with van der Waals surface area (Å²) in [7, 11) is 0. The summed E-state index contributed by atoms with van der Waals surface area (Å²) < 4.78 is 0. The number of allylic oxidation sites excluding steroid dienone is 2. The Hall–Kier alpha value is -2.29. The van der Waals surface area contributed by atoms with Gasteiger partial charge in [0.2, 0.25) is 0 Å². The zero-order valence-electron chi connectivity index (χ0n) is 19.2. The van der Waals surface area contributed by atoms with E-state index in [4.69, 9.17) is 4.99 Å². The van der Waals surface area contributed by atoms with Gasteiger partial charge in [0.1, 0.15) is 0 Å². The highest BCUT2D eigenvalue weighted by Gasteiger charge is 2.11. The summed E-state index contributed by atoms with van der Waals surface area (Å²) in [5.41, 5.74) is 8.35. The maximum Gasteiger partial charge on any atom is 0.0656 e. The van der Waals surface area contributed by atoms with Gasteiger partial charge in [-0.3, -0.25) is 4.99 Å². The van der Waals surface area contributed by atoms with E-state index in [1.54, 1.807) is 0 Å². The summed E-state index contributed by atoms with van der Waals surface area (Å²) in [5, 5.41) is 0. The van der Waals surface area contributed by atoms with Crippen LogP contribution in [-0.4, -0.2) is 15.7 Å². The molecule has 1 aliphatic heterocycles. The summed E-state index contributed by atoms with van der Waals surface area (Å²) in [6, 6.07) is 4.44. The predicted octanol–water partition coefficient (Wildman–Crippen LogP) is 8.15. The first-order chi connectivity index (χ1) is 14.7. The van der Waals surface area contributed by atoms with Crippen molar-refractivity contribution in [2.24, 2.45) is 4.99 Å². The van der Waals surface area contributed by atoms with Gasteiger partial charge >= 0.3 is 0 Å². The van der Waals surface area contributed by atoms with Gasteiger partial charge in [0.15, 0.2) is 0 Å². The quantitative estimate of drug-likeness (QED) is 0.316. The third-order valence-electron chi connectivity index (χ3n) is 5.96. The topological polar surface area (TPSA) is 43.9 Å². The third-order valence-corrected chi connectivity index (χ3v) is 5.96. The molecular weight excluding hydrogens is 366 g/mol. The van der Waals surface area contributed by atoms with Gasteiger partial charge in [-0.2, -0.15) is 0 Å². The van der Waals surface area contributed by atoms with Crippen molar-refractivity contribution < 1.29 is 0 Å². The molecular formula is C27H39N3. The molecule has 0 fully saturated rings. The Bertz CT molecular complexity index is 876. The number of aromatic nitrogens is 2. The fourth-order valence-electron chi connectivity index (χ4n) is 4.18. The molecule has 0 amide bonds. The summed E-state index contributed by atoms with van der Waals surface area (Å²) in [5.74, 6) is 0. The van der Waals surface area contributed by atoms with Gasteiger partial charge in [-0.15, -0.1) is 0 Å². The number of aliphatic imine (C=N–C) groups is 1. The molecule has 0 aliphatic carbocycles. The molecule has 3 nitrogen and oxygen atoms in total.